The van der Waals surface area contributed by atoms with E-state index < -0.39 is 23.5 Å². The lowest BCUT2D eigenvalue weighted by Gasteiger charge is -2.21. The van der Waals surface area contributed by atoms with Crippen LogP contribution in [0, 0.1) is 20.8 Å². The Morgan fingerprint density at radius 3 is 2.27 bits per heavy atom. The first-order valence-electron chi connectivity index (χ1n) is 10.2. The molecule has 33 heavy (non-hydrogen) atoms. The molecule has 4 rings (SSSR count). The van der Waals surface area contributed by atoms with Gasteiger partial charge in [0.05, 0.1) is 37.8 Å². The Bertz CT molecular complexity index is 1330. The number of ketones is 2. The molecule has 1 aliphatic heterocycles. The number of Topliss-reactive ketones (excluding diaryl/α,β-unsaturated/α-hetero) is 2. The summed E-state index contributed by atoms with van der Waals surface area (Å²) in [5.41, 5.74) is 1.88. The van der Waals surface area contributed by atoms with Crippen molar-refractivity contribution in [3.8, 4) is 0 Å². The van der Waals surface area contributed by atoms with Crippen LogP contribution in [0.25, 0.3) is 6.08 Å². The highest BCUT2D eigenvalue weighted by Gasteiger charge is 2.44. The third-order valence-corrected chi connectivity index (χ3v) is 7.52. The molecule has 0 aliphatic carbocycles. The molecule has 0 fully saturated rings. The van der Waals surface area contributed by atoms with Crippen LogP contribution in [0.4, 0.5) is 5.13 Å². The maximum atomic E-state index is 13.5. The number of carbonyl (C=O) groups excluding carboxylic acids is 3. The molecule has 0 bridgehead atoms. The van der Waals surface area contributed by atoms with Crippen molar-refractivity contribution in [3.05, 3.63) is 79.5 Å². The van der Waals surface area contributed by atoms with E-state index in [1.165, 1.54) is 23.2 Å². The zero-order valence-corrected chi connectivity index (χ0v) is 20.1. The number of hydrogen-bond acceptors (Lipinski definition) is 8. The fraction of sp³-hybridized carbons (Fsp3) is 0.208. The van der Waals surface area contributed by atoms with Crippen LogP contribution in [0.5, 0.6) is 0 Å². The lowest BCUT2D eigenvalue weighted by Crippen LogP contribution is -2.35. The van der Waals surface area contributed by atoms with Crippen LogP contribution in [0.1, 0.15) is 48.2 Å². The summed E-state index contributed by atoms with van der Waals surface area (Å²) in [6.07, 6.45) is 3.48. The molecule has 0 radical (unpaired) electrons. The van der Waals surface area contributed by atoms with E-state index in [9.17, 15) is 19.5 Å². The van der Waals surface area contributed by atoms with Gasteiger partial charge in [0.25, 0.3) is 5.91 Å². The molecule has 1 N–H and O–H groups in total. The summed E-state index contributed by atoms with van der Waals surface area (Å²) in [4.78, 5) is 49.4. The van der Waals surface area contributed by atoms with Crippen molar-refractivity contribution in [1.29, 1.82) is 0 Å². The van der Waals surface area contributed by atoms with E-state index in [-0.39, 0.29) is 16.5 Å². The van der Waals surface area contributed by atoms with E-state index in [1.54, 1.807) is 32.9 Å². The van der Waals surface area contributed by atoms with Crippen molar-refractivity contribution in [2.45, 2.75) is 33.7 Å². The van der Waals surface area contributed by atoms with Gasteiger partial charge < -0.3 is 5.11 Å². The summed E-state index contributed by atoms with van der Waals surface area (Å²) in [5, 5.41) is 11.8. The highest BCUT2D eigenvalue weighted by atomic mass is 32.1. The van der Waals surface area contributed by atoms with E-state index in [2.05, 4.69) is 9.97 Å². The summed E-state index contributed by atoms with van der Waals surface area (Å²) >= 11 is 2.28. The predicted molar refractivity (Wildman–Crippen MR) is 129 cm³/mol. The quantitative estimate of drug-likeness (QED) is 0.507. The van der Waals surface area contributed by atoms with Crippen LogP contribution in [0.2, 0.25) is 0 Å². The van der Waals surface area contributed by atoms with Gasteiger partial charge >= 0.3 is 0 Å². The molecule has 1 atom stereocenters. The van der Waals surface area contributed by atoms with E-state index in [0.29, 0.717) is 21.1 Å². The van der Waals surface area contributed by atoms with Crippen LogP contribution < -0.4 is 4.90 Å². The molecule has 1 aliphatic rings. The SMILES string of the molecule is CC(=O)c1sc(N2C(=O)C(O)=C(C(=O)c3sc(C)nc3C)C2/C=C/c2ccccc2)nc1C. The first-order valence-corrected chi connectivity index (χ1v) is 11.8. The van der Waals surface area contributed by atoms with Crippen molar-refractivity contribution < 1.29 is 19.5 Å². The molecule has 1 unspecified atom stereocenters. The number of aliphatic hydroxyl groups is 1. The minimum atomic E-state index is -0.891. The molecule has 3 aromatic rings. The van der Waals surface area contributed by atoms with Gasteiger partial charge in [0.2, 0.25) is 5.78 Å². The number of carbonyl (C=O) groups is 3. The van der Waals surface area contributed by atoms with Crippen molar-refractivity contribution in [1.82, 2.24) is 9.97 Å². The number of rotatable bonds is 6. The number of amides is 1. The molecule has 0 saturated heterocycles. The molecule has 3 heterocycles. The Morgan fingerprint density at radius 1 is 1.03 bits per heavy atom. The van der Waals surface area contributed by atoms with E-state index in [4.69, 9.17) is 0 Å². The van der Waals surface area contributed by atoms with Crippen LogP contribution in [-0.2, 0) is 4.79 Å². The third-order valence-electron chi connectivity index (χ3n) is 5.19. The van der Waals surface area contributed by atoms with Crippen molar-refractivity contribution >= 4 is 51.4 Å². The number of anilines is 1. The Balaban J connectivity index is 1.83. The lowest BCUT2D eigenvalue weighted by molar-refractivity contribution is -0.116. The van der Waals surface area contributed by atoms with Gasteiger partial charge in [-0.1, -0.05) is 53.8 Å². The van der Waals surface area contributed by atoms with Gasteiger partial charge in [0, 0.05) is 6.92 Å². The molecular weight excluding hydrogens is 458 g/mol. The lowest BCUT2D eigenvalue weighted by atomic mass is 10.0. The van der Waals surface area contributed by atoms with Gasteiger partial charge in [-0.25, -0.2) is 9.97 Å². The number of hydrogen-bond donors (Lipinski definition) is 1. The Kier molecular flexibility index (Phi) is 6.09. The Labute approximate surface area is 198 Å². The highest BCUT2D eigenvalue weighted by Crippen LogP contribution is 2.37. The molecule has 2 aromatic heterocycles. The van der Waals surface area contributed by atoms with Crippen LogP contribution in [-0.4, -0.2) is 38.6 Å². The topological polar surface area (TPSA) is 100 Å². The second-order valence-corrected chi connectivity index (χ2v) is 9.78. The smallest absolute Gasteiger partial charge is 0.296 e. The van der Waals surface area contributed by atoms with E-state index in [1.807, 2.05) is 30.3 Å². The number of aryl methyl sites for hydroxylation is 3. The summed E-state index contributed by atoms with van der Waals surface area (Å²) in [5.74, 6) is -1.97. The number of aliphatic hydroxyl groups excluding tert-OH is 1. The van der Waals surface area contributed by atoms with Gasteiger partial charge in [-0.05, 0) is 26.3 Å². The number of thiazole rings is 2. The number of nitrogens with zero attached hydrogens (tertiary/aromatic N) is 3. The maximum absolute atomic E-state index is 13.5. The van der Waals surface area contributed by atoms with Crippen LogP contribution in [0.15, 0.2) is 47.7 Å². The van der Waals surface area contributed by atoms with E-state index >= 15 is 0 Å². The van der Waals surface area contributed by atoms with Crippen molar-refractivity contribution in [3.63, 3.8) is 0 Å². The van der Waals surface area contributed by atoms with Crippen molar-refractivity contribution in [2.24, 2.45) is 0 Å². The molecular formula is C24H21N3O4S2. The molecule has 1 amide bonds. The molecule has 1 aromatic carbocycles. The zero-order valence-electron chi connectivity index (χ0n) is 18.4. The van der Waals surface area contributed by atoms with Gasteiger partial charge in [-0.2, -0.15) is 0 Å². The molecule has 7 nitrogen and oxygen atoms in total. The molecule has 0 saturated carbocycles. The summed E-state index contributed by atoms with van der Waals surface area (Å²) in [7, 11) is 0. The summed E-state index contributed by atoms with van der Waals surface area (Å²) in [6.45, 7) is 6.64. The average Bonchev–Trinajstić information content (AvgIpc) is 3.40. The number of benzene rings is 1. The highest BCUT2D eigenvalue weighted by molar-refractivity contribution is 7.18. The first kappa shape index (κ1) is 22.8. The fourth-order valence-corrected chi connectivity index (χ4v) is 5.57. The minimum absolute atomic E-state index is 0.0313. The van der Waals surface area contributed by atoms with Gasteiger partial charge in [-0.3, -0.25) is 19.3 Å². The van der Waals surface area contributed by atoms with Crippen LogP contribution >= 0.6 is 22.7 Å². The fourth-order valence-electron chi connectivity index (χ4n) is 3.70. The van der Waals surface area contributed by atoms with Gasteiger partial charge in [0.1, 0.15) is 0 Å². The van der Waals surface area contributed by atoms with Gasteiger partial charge in [-0.15, -0.1) is 11.3 Å². The van der Waals surface area contributed by atoms with Crippen molar-refractivity contribution in [2.75, 3.05) is 4.90 Å². The standard InChI is InChI=1S/C24H21N3O4S2/c1-12-21(14(3)28)33-24(26-12)27-17(11-10-16-8-6-5-7-9-16)18(20(30)23(27)31)19(29)22-13(2)25-15(4)32-22/h5-11,17,30H,1-4H3/b11-10+. The monoisotopic (exact) mass is 479 g/mol. The molecule has 0 spiro atoms. The first-order chi connectivity index (χ1) is 15.7. The average molecular weight is 480 g/mol. The Hall–Kier alpha value is -3.43. The second kappa shape index (κ2) is 8.84. The largest absolute Gasteiger partial charge is 0.503 e. The second-order valence-electron chi connectivity index (χ2n) is 7.60. The third kappa shape index (κ3) is 4.17. The summed E-state index contributed by atoms with van der Waals surface area (Å²) in [6, 6.07) is 8.53. The predicted octanol–water partition coefficient (Wildman–Crippen LogP) is 4.85. The summed E-state index contributed by atoms with van der Waals surface area (Å²) < 4.78 is 0. The number of aromatic nitrogens is 2. The molecule has 168 valence electrons. The van der Waals surface area contributed by atoms with Crippen LogP contribution in [0.3, 0.4) is 0 Å². The van der Waals surface area contributed by atoms with E-state index in [0.717, 1.165) is 21.9 Å². The zero-order chi connectivity index (χ0) is 23.9. The Morgan fingerprint density at radius 2 is 1.70 bits per heavy atom. The minimum Gasteiger partial charge on any atom is -0.503 e. The molecule has 9 heteroatoms. The maximum Gasteiger partial charge on any atom is 0.296 e. The van der Waals surface area contributed by atoms with Gasteiger partial charge in [0.15, 0.2) is 16.7 Å². The normalized spacial score (nSPS) is 16.3.